The second kappa shape index (κ2) is 7.58. The number of nitrogen functional groups attached to an aromatic ring is 1. The van der Waals surface area contributed by atoms with Crippen molar-refractivity contribution >= 4 is 11.9 Å². The van der Waals surface area contributed by atoms with Crippen LogP contribution in [0.3, 0.4) is 0 Å². The van der Waals surface area contributed by atoms with E-state index in [1.165, 1.54) is 6.07 Å². The van der Waals surface area contributed by atoms with Gasteiger partial charge in [-0.15, -0.1) is 0 Å². The number of hydrogen-bond acceptors (Lipinski definition) is 6. The Labute approximate surface area is 152 Å². The lowest BCUT2D eigenvalue weighted by molar-refractivity contribution is -0.137. The van der Waals surface area contributed by atoms with Crippen LogP contribution in [-0.4, -0.2) is 20.1 Å². The molecule has 0 spiro atoms. The number of benzene rings is 2. The molecule has 0 aliphatic heterocycles. The van der Waals surface area contributed by atoms with Gasteiger partial charge in [0, 0.05) is 12.1 Å². The Morgan fingerprint density at radius 3 is 2.52 bits per heavy atom. The Bertz CT molecular complexity index is 946. The Kier molecular flexibility index (Phi) is 5.22. The highest BCUT2D eigenvalue weighted by molar-refractivity contribution is 5.62. The van der Waals surface area contributed by atoms with Crippen molar-refractivity contribution in [2.45, 2.75) is 19.3 Å². The summed E-state index contributed by atoms with van der Waals surface area (Å²) >= 11 is 0. The third kappa shape index (κ3) is 4.50. The van der Waals surface area contributed by atoms with Crippen molar-refractivity contribution in [3.05, 3.63) is 65.2 Å². The standard InChI is InChI=1S/C18H16F3N5O/c19-18(20,21)13-6-3-4-11(8-13)9-23-17-25-15(24-16(22)26-17)14-7-2-1-5-12(14)10-27/h1-8,27H,9-10H2,(H3,22,23,24,25,26). The molecular formula is C18H16F3N5O. The average molecular weight is 375 g/mol. The van der Waals surface area contributed by atoms with E-state index in [0.29, 0.717) is 16.7 Å². The summed E-state index contributed by atoms with van der Waals surface area (Å²) < 4.78 is 38.4. The zero-order valence-electron chi connectivity index (χ0n) is 14.0. The first-order chi connectivity index (χ1) is 12.9. The Hall–Kier alpha value is -3.20. The third-order valence-electron chi connectivity index (χ3n) is 3.79. The van der Waals surface area contributed by atoms with Crippen LogP contribution < -0.4 is 11.1 Å². The fourth-order valence-corrected chi connectivity index (χ4v) is 2.51. The highest BCUT2D eigenvalue weighted by Gasteiger charge is 2.30. The van der Waals surface area contributed by atoms with Crippen LogP contribution in [0.4, 0.5) is 25.1 Å². The first-order valence-corrected chi connectivity index (χ1v) is 7.97. The monoisotopic (exact) mass is 375 g/mol. The lowest BCUT2D eigenvalue weighted by Crippen LogP contribution is -2.10. The van der Waals surface area contributed by atoms with Gasteiger partial charge >= 0.3 is 6.18 Å². The van der Waals surface area contributed by atoms with Crippen molar-refractivity contribution in [2.75, 3.05) is 11.1 Å². The van der Waals surface area contributed by atoms with Gasteiger partial charge in [-0.3, -0.25) is 0 Å². The van der Waals surface area contributed by atoms with Crippen molar-refractivity contribution < 1.29 is 18.3 Å². The number of rotatable bonds is 5. The molecule has 3 rings (SSSR count). The smallest absolute Gasteiger partial charge is 0.392 e. The van der Waals surface area contributed by atoms with Crippen LogP contribution in [-0.2, 0) is 19.3 Å². The Balaban J connectivity index is 1.84. The summed E-state index contributed by atoms with van der Waals surface area (Å²) in [6, 6.07) is 12.0. The number of nitrogens with zero attached hydrogens (tertiary/aromatic N) is 3. The van der Waals surface area contributed by atoms with Gasteiger partial charge in [-0.25, -0.2) is 0 Å². The summed E-state index contributed by atoms with van der Waals surface area (Å²) in [5.74, 6) is 0.348. The zero-order valence-corrected chi connectivity index (χ0v) is 14.0. The molecule has 0 atom stereocenters. The molecule has 6 nitrogen and oxygen atoms in total. The predicted molar refractivity (Wildman–Crippen MR) is 94.4 cm³/mol. The van der Waals surface area contributed by atoms with E-state index in [-0.39, 0.29) is 30.9 Å². The third-order valence-corrected chi connectivity index (χ3v) is 3.79. The molecule has 140 valence electrons. The fourth-order valence-electron chi connectivity index (χ4n) is 2.51. The second-order valence-corrected chi connectivity index (χ2v) is 5.71. The maximum absolute atomic E-state index is 12.8. The summed E-state index contributed by atoms with van der Waals surface area (Å²) in [6.45, 7) is -0.122. The lowest BCUT2D eigenvalue weighted by Gasteiger charge is -2.11. The summed E-state index contributed by atoms with van der Waals surface area (Å²) in [4.78, 5) is 12.3. The molecule has 0 unspecified atom stereocenters. The number of hydrogen-bond donors (Lipinski definition) is 3. The maximum Gasteiger partial charge on any atom is 0.416 e. The molecular weight excluding hydrogens is 359 g/mol. The molecule has 3 aromatic rings. The number of aliphatic hydroxyl groups excluding tert-OH is 1. The van der Waals surface area contributed by atoms with Crippen molar-refractivity contribution in [2.24, 2.45) is 0 Å². The van der Waals surface area contributed by atoms with Crippen molar-refractivity contribution in [3.63, 3.8) is 0 Å². The topological polar surface area (TPSA) is 97.0 Å². The molecule has 1 aromatic heterocycles. The van der Waals surface area contributed by atoms with Crippen molar-refractivity contribution in [1.29, 1.82) is 0 Å². The Morgan fingerprint density at radius 1 is 1.00 bits per heavy atom. The van der Waals surface area contributed by atoms with E-state index in [1.807, 2.05) is 0 Å². The molecule has 0 amide bonds. The number of aliphatic hydroxyl groups is 1. The van der Waals surface area contributed by atoms with Crippen LogP contribution in [0.5, 0.6) is 0 Å². The number of halogens is 3. The molecule has 0 saturated carbocycles. The molecule has 4 N–H and O–H groups in total. The van der Waals surface area contributed by atoms with Gasteiger partial charge in [0.15, 0.2) is 5.82 Å². The minimum Gasteiger partial charge on any atom is -0.392 e. The maximum atomic E-state index is 12.8. The number of alkyl halides is 3. The van der Waals surface area contributed by atoms with E-state index >= 15 is 0 Å². The zero-order chi connectivity index (χ0) is 19.4. The molecule has 2 aromatic carbocycles. The fraction of sp³-hybridized carbons (Fsp3) is 0.167. The first kappa shape index (κ1) is 18.6. The SMILES string of the molecule is Nc1nc(NCc2cccc(C(F)(F)F)c2)nc(-c2ccccc2CO)n1. The average Bonchev–Trinajstić information content (AvgIpc) is 2.65. The highest BCUT2D eigenvalue weighted by atomic mass is 19.4. The molecule has 0 radical (unpaired) electrons. The van der Waals surface area contributed by atoms with Gasteiger partial charge in [0.2, 0.25) is 11.9 Å². The highest BCUT2D eigenvalue weighted by Crippen LogP contribution is 2.29. The number of anilines is 2. The first-order valence-electron chi connectivity index (χ1n) is 7.97. The number of nitrogens with two attached hydrogens (primary N) is 1. The molecule has 27 heavy (non-hydrogen) atoms. The van der Waals surface area contributed by atoms with E-state index in [9.17, 15) is 18.3 Å². The van der Waals surface area contributed by atoms with E-state index in [1.54, 1.807) is 30.3 Å². The van der Waals surface area contributed by atoms with Crippen LogP contribution >= 0.6 is 0 Å². The number of nitrogens with one attached hydrogen (secondary N) is 1. The van der Waals surface area contributed by atoms with Gasteiger partial charge in [0.1, 0.15) is 0 Å². The van der Waals surface area contributed by atoms with Gasteiger partial charge in [0.05, 0.1) is 12.2 Å². The lowest BCUT2D eigenvalue weighted by atomic mass is 10.1. The minimum atomic E-state index is -4.41. The molecule has 0 aliphatic carbocycles. The summed E-state index contributed by atoms with van der Waals surface area (Å²) in [7, 11) is 0. The Morgan fingerprint density at radius 2 is 1.78 bits per heavy atom. The summed E-state index contributed by atoms with van der Waals surface area (Å²) in [5, 5.41) is 12.3. The van der Waals surface area contributed by atoms with Crippen LogP contribution in [0.2, 0.25) is 0 Å². The largest absolute Gasteiger partial charge is 0.416 e. The van der Waals surface area contributed by atoms with E-state index in [0.717, 1.165) is 12.1 Å². The summed E-state index contributed by atoms with van der Waals surface area (Å²) in [5.41, 5.74) is 6.63. The normalized spacial score (nSPS) is 11.4. The van der Waals surface area contributed by atoms with Gasteiger partial charge in [0.25, 0.3) is 0 Å². The van der Waals surface area contributed by atoms with Crippen LogP contribution in [0.15, 0.2) is 48.5 Å². The molecule has 9 heteroatoms. The number of aromatic nitrogens is 3. The summed E-state index contributed by atoms with van der Waals surface area (Å²) in [6.07, 6.45) is -4.41. The van der Waals surface area contributed by atoms with E-state index in [2.05, 4.69) is 20.3 Å². The van der Waals surface area contributed by atoms with Gasteiger partial charge in [-0.05, 0) is 23.3 Å². The predicted octanol–water partition coefficient (Wildman–Crippen LogP) is 3.24. The van der Waals surface area contributed by atoms with Gasteiger partial charge in [-0.2, -0.15) is 28.1 Å². The van der Waals surface area contributed by atoms with E-state index < -0.39 is 11.7 Å². The van der Waals surface area contributed by atoms with Crippen LogP contribution in [0.1, 0.15) is 16.7 Å². The molecule has 1 heterocycles. The molecule has 0 saturated heterocycles. The van der Waals surface area contributed by atoms with Gasteiger partial charge in [-0.1, -0.05) is 36.4 Å². The second-order valence-electron chi connectivity index (χ2n) is 5.71. The quantitative estimate of drug-likeness (QED) is 0.633. The van der Waals surface area contributed by atoms with E-state index in [4.69, 9.17) is 5.73 Å². The minimum absolute atomic E-state index is 0.0423. The van der Waals surface area contributed by atoms with Crippen LogP contribution in [0, 0.1) is 0 Å². The molecule has 0 aliphatic rings. The van der Waals surface area contributed by atoms with Crippen molar-refractivity contribution in [3.8, 4) is 11.4 Å². The molecule has 0 fully saturated rings. The van der Waals surface area contributed by atoms with Crippen molar-refractivity contribution in [1.82, 2.24) is 15.0 Å². The molecule has 0 bridgehead atoms. The van der Waals surface area contributed by atoms with Crippen LogP contribution in [0.25, 0.3) is 11.4 Å². The van der Waals surface area contributed by atoms with Gasteiger partial charge < -0.3 is 16.2 Å².